The third-order valence-electron chi connectivity index (χ3n) is 3.60. The van der Waals surface area contributed by atoms with Crippen LogP contribution in [0.4, 0.5) is 0 Å². The Hall–Kier alpha value is -1.83. The standard InChI is InChI=1S/C15H20N4O3/c1-20-7-4-13-10-19(6-8-21-13)11-14-17-18-15(22-14)12-3-2-5-16-9-12/h2-3,5,9,13H,4,6-8,10-11H2,1H3. The Balaban J connectivity index is 1.58. The van der Waals surface area contributed by atoms with E-state index in [-0.39, 0.29) is 6.10 Å². The first-order valence-electron chi connectivity index (χ1n) is 7.41. The molecule has 0 spiro atoms. The van der Waals surface area contributed by atoms with E-state index >= 15 is 0 Å². The van der Waals surface area contributed by atoms with E-state index in [9.17, 15) is 0 Å². The molecule has 3 rings (SSSR count). The molecule has 0 bridgehead atoms. The highest BCUT2D eigenvalue weighted by Gasteiger charge is 2.22. The van der Waals surface area contributed by atoms with E-state index in [1.165, 1.54) is 0 Å². The molecule has 2 aromatic rings. The van der Waals surface area contributed by atoms with Gasteiger partial charge in [0.25, 0.3) is 0 Å². The summed E-state index contributed by atoms with van der Waals surface area (Å²) in [4.78, 5) is 6.33. The van der Waals surface area contributed by atoms with E-state index in [1.807, 2.05) is 12.1 Å². The lowest BCUT2D eigenvalue weighted by Crippen LogP contribution is -2.42. The Bertz CT molecular complexity index is 575. The molecule has 0 saturated carbocycles. The number of aromatic nitrogens is 3. The van der Waals surface area contributed by atoms with E-state index in [1.54, 1.807) is 19.5 Å². The summed E-state index contributed by atoms with van der Waals surface area (Å²) in [6.45, 7) is 3.80. The first-order valence-corrected chi connectivity index (χ1v) is 7.41. The van der Waals surface area contributed by atoms with Gasteiger partial charge in [0.2, 0.25) is 11.8 Å². The van der Waals surface area contributed by atoms with Crippen LogP contribution in [0.25, 0.3) is 11.5 Å². The van der Waals surface area contributed by atoms with Gasteiger partial charge in [-0.25, -0.2) is 0 Å². The van der Waals surface area contributed by atoms with Crippen molar-refractivity contribution in [1.29, 1.82) is 0 Å². The van der Waals surface area contributed by atoms with Gasteiger partial charge < -0.3 is 13.9 Å². The number of methoxy groups -OCH3 is 1. The fourth-order valence-corrected chi connectivity index (χ4v) is 2.46. The fraction of sp³-hybridized carbons (Fsp3) is 0.533. The Morgan fingerprint density at radius 2 is 2.36 bits per heavy atom. The monoisotopic (exact) mass is 304 g/mol. The Kier molecular flexibility index (Phi) is 5.10. The summed E-state index contributed by atoms with van der Waals surface area (Å²) in [6, 6.07) is 3.75. The molecule has 3 heterocycles. The third kappa shape index (κ3) is 3.88. The van der Waals surface area contributed by atoms with Crippen LogP contribution in [0.1, 0.15) is 12.3 Å². The number of pyridine rings is 1. The number of hydrogen-bond acceptors (Lipinski definition) is 7. The molecule has 1 fully saturated rings. The van der Waals surface area contributed by atoms with Gasteiger partial charge in [-0.3, -0.25) is 9.88 Å². The van der Waals surface area contributed by atoms with E-state index in [4.69, 9.17) is 13.9 Å². The number of hydrogen-bond donors (Lipinski definition) is 0. The molecular weight excluding hydrogens is 284 g/mol. The molecule has 0 N–H and O–H groups in total. The minimum atomic E-state index is 0.203. The lowest BCUT2D eigenvalue weighted by Gasteiger charge is -2.31. The SMILES string of the molecule is COCCC1CN(Cc2nnc(-c3cccnc3)o2)CCO1. The van der Waals surface area contributed by atoms with Crippen LogP contribution >= 0.6 is 0 Å². The van der Waals surface area contributed by atoms with Crippen molar-refractivity contribution in [3.63, 3.8) is 0 Å². The van der Waals surface area contributed by atoms with Crippen molar-refractivity contribution in [1.82, 2.24) is 20.1 Å². The van der Waals surface area contributed by atoms with Crippen LogP contribution in [0, 0.1) is 0 Å². The highest BCUT2D eigenvalue weighted by atomic mass is 16.5. The number of ether oxygens (including phenoxy) is 2. The van der Waals surface area contributed by atoms with Crippen LogP contribution in [0.5, 0.6) is 0 Å². The van der Waals surface area contributed by atoms with Crippen molar-refractivity contribution in [3.05, 3.63) is 30.4 Å². The number of rotatable bonds is 6. The summed E-state index contributed by atoms with van der Waals surface area (Å²) in [5.74, 6) is 1.12. The van der Waals surface area contributed by atoms with Crippen LogP contribution in [0.2, 0.25) is 0 Å². The zero-order valence-corrected chi connectivity index (χ0v) is 12.6. The zero-order valence-electron chi connectivity index (χ0n) is 12.6. The minimum absolute atomic E-state index is 0.203. The van der Waals surface area contributed by atoms with Crippen LogP contribution in [0.3, 0.4) is 0 Å². The van der Waals surface area contributed by atoms with E-state index < -0.39 is 0 Å². The van der Waals surface area contributed by atoms with Gasteiger partial charge in [-0.05, 0) is 18.6 Å². The van der Waals surface area contributed by atoms with Crippen molar-refractivity contribution in [2.45, 2.75) is 19.1 Å². The predicted octanol–water partition coefficient (Wildman–Crippen LogP) is 1.37. The van der Waals surface area contributed by atoms with Crippen molar-refractivity contribution < 1.29 is 13.9 Å². The maximum Gasteiger partial charge on any atom is 0.249 e. The van der Waals surface area contributed by atoms with Crippen molar-refractivity contribution in [3.8, 4) is 11.5 Å². The summed E-state index contributed by atoms with van der Waals surface area (Å²) >= 11 is 0. The largest absolute Gasteiger partial charge is 0.419 e. The lowest BCUT2D eigenvalue weighted by molar-refractivity contribution is -0.0451. The van der Waals surface area contributed by atoms with E-state index in [0.29, 0.717) is 24.9 Å². The predicted molar refractivity (Wildman–Crippen MR) is 79.0 cm³/mol. The summed E-state index contributed by atoms with van der Waals surface area (Å²) in [5.41, 5.74) is 0.834. The van der Waals surface area contributed by atoms with Crippen molar-refractivity contribution in [2.24, 2.45) is 0 Å². The van der Waals surface area contributed by atoms with Gasteiger partial charge in [0.15, 0.2) is 0 Å². The molecule has 2 aromatic heterocycles. The topological polar surface area (TPSA) is 73.5 Å². The van der Waals surface area contributed by atoms with Gasteiger partial charge in [0.1, 0.15) is 0 Å². The average Bonchev–Trinajstić information content (AvgIpc) is 3.03. The summed E-state index contributed by atoms with van der Waals surface area (Å²) in [7, 11) is 1.71. The van der Waals surface area contributed by atoms with Gasteiger partial charge in [-0.2, -0.15) is 0 Å². The van der Waals surface area contributed by atoms with Gasteiger partial charge >= 0.3 is 0 Å². The molecule has 0 radical (unpaired) electrons. The average molecular weight is 304 g/mol. The maximum absolute atomic E-state index is 5.73. The molecule has 0 amide bonds. The van der Waals surface area contributed by atoms with Crippen LogP contribution in [-0.2, 0) is 16.0 Å². The van der Waals surface area contributed by atoms with E-state index in [2.05, 4.69) is 20.1 Å². The molecule has 118 valence electrons. The molecule has 1 aliphatic heterocycles. The van der Waals surface area contributed by atoms with Crippen LogP contribution in [0.15, 0.2) is 28.9 Å². The molecule has 0 aliphatic carbocycles. The van der Waals surface area contributed by atoms with Gasteiger partial charge in [0.05, 0.1) is 24.8 Å². The first-order chi connectivity index (χ1) is 10.8. The second-order valence-corrected chi connectivity index (χ2v) is 5.25. The Morgan fingerprint density at radius 1 is 1.41 bits per heavy atom. The van der Waals surface area contributed by atoms with Crippen LogP contribution in [-0.4, -0.2) is 59.6 Å². The van der Waals surface area contributed by atoms with Gasteiger partial charge in [-0.15, -0.1) is 10.2 Å². The Morgan fingerprint density at radius 3 is 3.18 bits per heavy atom. The molecule has 0 aromatic carbocycles. The molecule has 1 aliphatic rings. The Labute approximate surface area is 129 Å². The van der Waals surface area contributed by atoms with Crippen molar-refractivity contribution in [2.75, 3.05) is 33.4 Å². The second-order valence-electron chi connectivity index (χ2n) is 5.25. The molecule has 1 atom stereocenters. The number of morpholine rings is 1. The quantitative estimate of drug-likeness (QED) is 0.798. The molecule has 7 heteroatoms. The maximum atomic E-state index is 5.73. The zero-order chi connectivity index (χ0) is 15.2. The fourth-order valence-electron chi connectivity index (χ4n) is 2.46. The van der Waals surface area contributed by atoms with Gasteiger partial charge in [-0.1, -0.05) is 0 Å². The van der Waals surface area contributed by atoms with Gasteiger partial charge in [0, 0.05) is 39.2 Å². The molecule has 22 heavy (non-hydrogen) atoms. The van der Waals surface area contributed by atoms with E-state index in [0.717, 1.165) is 31.7 Å². The minimum Gasteiger partial charge on any atom is -0.419 e. The number of nitrogens with zero attached hydrogens (tertiary/aromatic N) is 4. The third-order valence-corrected chi connectivity index (χ3v) is 3.60. The molecule has 1 saturated heterocycles. The molecular formula is C15H20N4O3. The summed E-state index contributed by atoms with van der Waals surface area (Å²) in [6.07, 6.45) is 4.54. The van der Waals surface area contributed by atoms with Crippen LogP contribution < -0.4 is 0 Å². The summed E-state index contributed by atoms with van der Waals surface area (Å²) < 4.78 is 16.6. The smallest absolute Gasteiger partial charge is 0.249 e. The lowest BCUT2D eigenvalue weighted by atomic mass is 10.2. The highest BCUT2D eigenvalue weighted by molar-refractivity contribution is 5.49. The first kappa shape index (κ1) is 15.1. The normalized spacial score (nSPS) is 19.4. The summed E-state index contributed by atoms with van der Waals surface area (Å²) in [5, 5.41) is 8.21. The molecule has 7 nitrogen and oxygen atoms in total. The molecule has 1 unspecified atom stereocenters. The highest BCUT2D eigenvalue weighted by Crippen LogP contribution is 2.18. The second kappa shape index (κ2) is 7.44. The van der Waals surface area contributed by atoms with Crippen molar-refractivity contribution >= 4 is 0 Å².